The molecule has 0 spiro atoms. The first kappa shape index (κ1) is 11.5. The Kier molecular flexibility index (Phi) is 3.18. The van der Waals surface area contributed by atoms with Gasteiger partial charge in [0.2, 0.25) is 0 Å². The first-order valence-corrected chi connectivity index (χ1v) is 7.46. The number of hydrogen-bond acceptors (Lipinski definition) is 3. The van der Waals surface area contributed by atoms with Crippen LogP contribution in [-0.4, -0.2) is 37.2 Å². The van der Waals surface area contributed by atoms with E-state index in [1.165, 1.54) is 8.61 Å². The zero-order chi connectivity index (χ0) is 11.1. The molecule has 7 heteroatoms. The number of likely N-dealkylation sites (N-methyl/N-ethyl adjacent to an activating group) is 1. The predicted octanol–water partition coefficient (Wildman–Crippen LogP) is 1.50. The zero-order valence-electron chi connectivity index (χ0n) is 8.18. The van der Waals surface area contributed by atoms with Crippen molar-refractivity contribution in [2.45, 2.75) is 6.54 Å². The van der Waals surface area contributed by atoms with Crippen molar-refractivity contribution in [3.05, 3.63) is 20.8 Å². The van der Waals surface area contributed by atoms with Crippen molar-refractivity contribution in [1.29, 1.82) is 0 Å². The van der Waals surface area contributed by atoms with E-state index in [4.69, 9.17) is 0 Å². The molecule has 4 nitrogen and oxygen atoms in total. The molecule has 0 atom stereocenters. The predicted molar refractivity (Wildman–Crippen MR) is 64.0 cm³/mol. The van der Waals surface area contributed by atoms with E-state index < -0.39 is 10.2 Å². The number of hydrogen-bond donors (Lipinski definition) is 0. The van der Waals surface area contributed by atoms with Crippen molar-refractivity contribution in [3.8, 4) is 0 Å². The Morgan fingerprint density at radius 3 is 2.67 bits per heavy atom. The normalized spacial score (nSPS) is 22.3. The van der Waals surface area contributed by atoms with E-state index in [1.54, 1.807) is 18.4 Å². The van der Waals surface area contributed by atoms with Crippen LogP contribution in [0.25, 0.3) is 0 Å². The van der Waals surface area contributed by atoms with Crippen LogP contribution in [0, 0.1) is 0 Å². The maximum atomic E-state index is 11.7. The van der Waals surface area contributed by atoms with Crippen molar-refractivity contribution >= 4 is 37.5 Å². The lowest BCUT2D eigenvalue weighted by molar-refractivity contribution is 0.448. The molecule has 1 aliphatic heterocycles. The molecule has 0 N–H and O–H groups in total. The molecule has 0 aromatic carbocycles. The van der Waals surface area contributed by atoms with Crippen molar-refractivity contribution < 1.29 is 8.42 Å². The van der Waals surface area contributed by atoms with Gasteiger partial charge < -0.3 is 0 Å². The summed E-state index contributed by atoms with van der Waals surface area (Å²) in [5, 5.41) is 0. The summed E-state index contributed by atoms with van der Waals surface area (Å²) in [5.74, 6) is 0. The molecule has 1 saturated heterocycles. The Bertz CT molecular complexity index is 457. The Balaban J connectivity index is 2.14. The van der Waals surface area contributed by atoms with Gasteiger partial charge in [0.1, 0.15) is 0 Å². The third kappa shape index (κ3) is 2.26. The highest BCUT2D eigenvalue weighted by molar-refractivity contribution is 9.11. The second-order valence-electron chi connectivity index (χ2n) is 3.37. The van der Waals surface area contributed by atoms with E-state index in [2.05, 4.69) is 15.9 Å². The minimum Gasteiger partial charge on any atom is -0.195 e. The number of thiophene rings is 1. The molecule has 0 amide bonds. The lowest BCUT2D eigenvalue weighted by atomic mass is 10.4. The Morgan fingerprint density at radius 1 is 1.47 bits per heavy atom. The lowest BCUT2D eigenvalue weighted by Crippen LogP contribution is -2.30. The molecule has 0 aliphatic carbocycles. The van der Waals surface area contributed by atoms with E-state index in [-0.39, 0.29) is 0 Å². The first-order chi connectivity index (χ1) is 7.00. The summed E-state index contributed by atoms with van der Waals surface area (Å²) in [7, 11) is -1.59. The second-order valence-corrected chi connectivity index (χ2v) is 7.95. The fraction of sp³-hybridized carbons (Fsp3) is 0.500. The fourth-order valence-corrected chi connectivity index (χ4v) is 4.35. The Labute approximate surface area is 102 Å². The van der Waals surface area contributed by atoms with Crippen LogP contribution in [0.3, 0.4) is 0 Å². The van der Waals surface area contributed by atoms with Crippen LogP contribution in [0.5, 0.6) is 0 Å². The van der Waals surface area contributed by atoms with Crippen LogP contribution in [-0.2, 0) is 16.8 Å². The molecule has 0 unspecified atom stereocenters. The van der Waals surface area contributed by atoms with Crippen LogP contribution >= 0.6 is 27.3 Å². The summed E-state index contributed by atoms with van der Waals surface area (Å²) in [5.41, 5.74) is 0. The van der Waals surface area contributed by atoms with Gasteiger partial charge in [0.05, 0.1) is 3.79 Å². The molecule has 0 radical (unpaired) electrons. The summed E-state index contributed by atoms with van der Waals surface area (Å²) in [6.07, 6.45) is 0. The van der Waals surface area contributed by atoms with Gasteiger partial charge in [-0.15, -0.1) is 11.3 Å². The zero-order valence-corrected chi connectivity index (χ0v) is 11.4. The van der Waals surface area contributed by atoms with Crippen LogP contribution in [0.15, 0.2) is 15.9 Å². The monoisotopic (exact) mass is 310 g/mol. The first-order valence-electron chi connectivity index (χ1n) is 4.46. The highest BCUT2D eigenvalue weighted by atomic mass is 79.9. The molecular weight excluding hydrogens is 300 g/mol. The fourth-order valence-electron chi connectivity index (χ4n) is 1.45. The van der Waals surface area contributed by atoms with E-state index in [0.717, 1.165) is 8.66 Å². The molecule has 1 aromatic heterocycles. The molecule has 15 heavy (non-hydrogen) atoms. The van der Waals surface area contributed by atoms with Crippen molar-refractivity contribution in [2.75, 3.05) is 20.1 Å². The quantitative estimate of drug-likeness (QED) is 0.830. The molecule has 2 rings (SSSR count). The summed E-state index contributed by atoms with van der Waals surface area (Å²) >= 11 is 4.93. The number of rotatable bonds is 2. The molecule has 84 valence electrons. The third-order valence-corrected chi connectivity index (χ3v) is 5.89. The SMILES string of the molecule is CN1CCN(Cc2ccc(Br)s2)S1(=O)=O. The second kappa shape index (κ2) is 4.14. The highest BCUT2D eigenvalue weighted by Crippen LogP contribution is 2.25. The van der Waals surface area contributed by atoms with Gasteiger partial charge in [-0.2, -0.15) is 17.0 Å². The maximum Gasteiger partial charge on any atom is 0.282 e. The summed E-state index contributed by atoms with van der Waals surface area (Å²) in [4.78, 5) is 1.06. The molecule has 1 aromatic rings. The van der Waals surface area contributed by atoms with Gasteiger partial charge in [-0.25, -0.2) is 0 Å². The third-order valence-electron chi connectivity index (χ3n) is 2.35. The van der Waals surface area contributed by atoms with Gasteiger partial charge >= 0.3 is 0 Å². The molecular formula is C8H11BrN2O2S2. The van der Waals surface area contributed by atoms with Crippen LogP contribution in [0.2, 0.25) is 0 Å². The largest absolute Gasteiger partial charge is 0.282 e. The van der Waals surface area contributed by atoms with Gasteiger partial charge in [-0.05, 0) is 28.1 Å². The summed E-state index contributed by atoms with van der Waals surface area (Å²) in [6.45, 7) is 1.63. The average molecular weight is 311 g/mol. The molecule has 0 bridgehead atoms. The van der Waals surface area contributed by atoms with E-state index in [9.17, 15) is 8.42 Å². The summed E-state index contributed by atoms with van der Waals surface area (Å²) < 4.78 is 27.4. The van der Waals surface area contributed by atoms with Crippen LogP contribution in [0.1, 0.15) is 4.88 Å². The Morgan fingerprint density at radius 2 is 2.20 bits per heavy atom. The number of nitrogens with zero attached hydrogens (tertiary/aromatic N) is 2. The van der Waals surface area contributed by atoms with Crippen molar-refractivity contribution in [2.24, 2.45) is 0 Å². The van der Waals surface area contributed by atoms with Gasteiger partial charge in [-0.3, -0.25) is 0 Å². The van der Waals surface area contributed by atoms with E-state index >= 15 is 0 Å². The summed E-state index contributed by atoms with van der Waals surface area (Å²) in [6, 6.07) is 3.88. The highest BCUT2D eigenvalue weighted by Gasteiger charge is 2.33. The van der Waals surface area contributed by atoms with Crippen LogP contribution in [0.4, 0.5) is 0 Å². The minimum atomic E-state index is -3.20. The maximum absolute atomic E-state index is 11.7. The van der Waals surface area contributed by atoms with Gasteiger partial charge in [0.15, 0.2) is 0 Å². The van der Waals surface area contributed by atoms with Gasteiger partial charge in [0.25, 0.3) is 10.2 Å². The average Bonchev–Trinajstić information content (AvgIpc) is 2.66. The molecule has 1 fully saturated rings. The van der Waals surface area contributed by atoms with Gasteiger partial charge in [0, 0.05) is 31.6 Å². The smallest absolute Gasteiger partial charge is 0.195 e. The lowest BCUT2D eigenvalue weighted by Gasteiger charge is -2.14. The molecule has 1 aliphatic rings. The van der Waals surface area contributed by atoms with Gasteiger partial charge in [-0.1, -0.05) is 0 Å². The molecule has 2 heterocycles. The standard InChI is InChI=1S/C8H11BrN2O2S2/c1-10-4-5-11(15(10,12)13)6-7-2-3-8(9)14-7/h2-3H,4-6H2,1H3. The van der Waals surface area contributed by atoms with E-state index in [1.807, 2.05) is 12.1 Å². The molecule has 0 saturated carbocycles. The minimum absolute atomic E-state index is 0.475. The topological polar surface area (TPSA) is 40.6 Å². The van der Waals surface area contributed by atoms with Crippen molar-refractivity contribution in [1.82, 2.24) is 8.61 Å². The van der Waals surface area contributed by atoms with E-state index in [0.29, 0.717) is 19.6 Å². The van der Waals surface area contributed by atoms with Crippen LogP contribution < -0.4 is 0 Å². The van der Waals surface area contributed by atoms with Crippen molar-refractivity contribution in [3.63, 3.8) is 0 Å². The Hall–Kier alpha value is 0.0500. The number of halogens is 1.